The highest BCUT2D eigenvalue weighted by Crippen LogP contribution is 2.03. The van der Waals surface area contributed by atoms with Crippen LogP contribution in [0.5, 0.6) is 0 Å². The zero-order chi connectivity index (χ0) is 14.4. The van der Waals surface area contributed by atoms with Gasteiger partial charge in [0.1, 0.15) is 0 Å². The van der Waals surface area contributed by atoms with Crippen molar-refractivity contribution in [2.45, 2.75) is 25.9 Å². The number of piperazine rings is 1. The van der Waals surface area contributed by atoms with E-state index >= 15 is 0 Å². The predicted molar refractivity (Wildman–Crippen MR) is 78.8 cm³/mol. The average Bonchev–Trinajstić information content (AvgIpc) is 2.48. The molecule has 0 aliphatic carbocycles. The summed E-state index contributed by atoms with van der Waals surface area (Å²) in [5, 5.41) is 6.45. The Balaban J connectivity index is 1.71. The molecule has 20 heavy (non-hydrogen) atoms. The van der Waals surface area contributed by atoms with E-state index in [4.69, 9.17) is 4.74 Å². The molecule has 2 fully saturated rings. The molecular formula is C14H28N4O2. The maximum absolute atomic E-state index is 12.3. The summed E-state index contributed by atoms with van der Waals surface area (Å²) in [5.41, 5.74) is 0. The predicted octanol–water partition coefficient (Wildman–Crippen LogP) is -0.883. The van der Waals surface area contributed by atoms with Gasteiger partial charge in [-0.25, -0.2) is 0 Å². The topological polar surface area (TPSA) is 56.8 Å². The third-order valence-corrected chi connectivity index (χ3v) is 4.10. The van der Waals surface area contributed by atoms with Crippen LogP contribution in [-0.2, 0) is 9.53 Å². The number of carbonyl (C=O) groups is 1. The fraction of sp³-hybridized carbons (Fsp3) is 0.929. The molecule has 0 saturated carbocycles. The fourth-order valence-electron chi connectivity index (χ4n) is 2.82. The van der Waals surface area contributed by atoms with Crippen LogP contribution in [0.2, 0.25) is 0 Å². The minimum absolute atomic E-state index is 0.0377. The molecule has 2 unspecified atom stereocenters. The van der Waals surface area contributed by atoms with Gasteiger partial charge in [0.2, 0.25) is 5.91 Å². The Morgan fingerprint density at radius 2 is 1.85 bits per heavy atom. The lowest BCUT2D eigenvalue weighted by atomic mass is 10.2. The first-order valence-corrected chi connectivity index (χ1v) is 7.72. The van der Waals surface area contributed by atoms with Gasteiger partial charge in [-0.05, 0) is 13.8 Å². The number of nitrogens with zero attached hydrogens (tertiary/aromatic N) is 2. The van der Waals surface area contributed by atoms with Crippen molar-refractivity contribution in [2.24, 2.45) is 0 Å². The number of morpholine rings is 1. The normalized spacial score (nSPS) is 25.1. The lowest BCUT2D eigenvalue weighted by molar-refractivity contribution is -0.126. The van der Waals surface area contributed by atoms with Crippen LogP contribution in [0.4, 0.5) is 0 Å². The fourth-order valence-corrected chi connectivity index (χ4v) is 2.82. The molecule has 2 saturated heterocycles. The molecular weight excluding hydrogens is 256 g/mol. The van der Waals surface area contributed by atoms with Gasteiger partial charge in [-0.3, -0.25) is 14.6 Å². The third kappa shape index (κ3) is 4.70. The van der Waals surface area contributed by atoms with E-state index in [9.17, 15) is 4.79 Å². The summed E-state index contributed by atoms with van der Waals surface area (Å²) in [4.78, 5) is 16.9. The molecule has 116 valence electrons. The minimum Gasteiger partial charge on any atom is -0.379 e. The second-order valence-electron chi connectivity index (χ2n) is 5.78. The van der Waals surface area contributed by atoms with Crippen molar-refractivity contribution in [1.29, 1.82) is 0 Å². The molecule has 0 spiro atoms. The van der Waals surface area contributed by atoms with E-state index < -0.39 is 0 Å². The Labute approximate surface area is 121 Å². The highest BCUT2D eigenvalue weighted by atomic mass is 16.5. The summed E-state index contributed by atoms with van der Waals surface area (Å²) < 4.78 is 5.34. The first kappa shape index (κ1) is 15.7. The molecule has 6 heteroatoms. The van der Waals surface area contributed by atoms with Gasteiger partial charge in [0.25, 0.3) is 0 Å². The molecule has 2 aliphatic rings. The smallest absolute Gasteiger partial charge is 0.237 e. The average molecular weight is 284 g/mol. The molecule has 2 atom stereocenters. The van der Waals surface area contributed by atoms with Crippen molar-refractivity contribution in [3.63, 3.8) is 0 Å². The zero-order valence-electron chi connectivity index (χ0n) is 12.7. The SMILES string of the molecule is CC(CN1CCOCC1)NC(=O)C(C)N1CCNCC1. The van der Waals surface area contributed by atoms with Gasteiger partial charge in [0, 0.05) is 51.9 Å². The maximum Gasteiger partial charge on any atom is 0.237 e. The van der Waals surface area contributed by atoms with E-state index in [-0.39, 0.29) is 18.0 Å². The van der Waals surface area contributed by atoms with Crippen LogP contribution >= 0.6 is 0 Å². The van der Waals surface area contributed by atoms with Crippen molar-refractivity contribution in [3.05, 3.63) is 0 Å². The summed E-state index contributed by atoms with van der Waals surface area (Å²) >= 11 is 0. The van der Waals surface area contributed by atoms with Gasteiger partial charge < -0.3 is 15.4 Å². The second kappa shape index (κ2) is 7.93. The van der Waals surface area contributed by atoms with Crippen molar-refractivity contribution in [3.8, 4) is 0 Å². The molecule has 0 aromatic heterocycles. The van der Waals surface area contributed by atoms with E-state index in [1.165, 1.54) is 0 Å². The monoisotopic (exact) mass is 284 g/mol. The molecule has 0 radical (unpaired) electrons. The van der Waals surface area contributed by atoms with Crippen LogP contribution in [0.1, 0.15) is 13.8 Å². The van der Waals surface area contributed by atoms with Gasteiger partial charge in [-0.1, -0.05) is 0 Å². The standard InChI is InChI=1S/C14H28N4O2/c1-12(11-17-7-9-20-10-8-17)16-14(19)13(2)18-5-3-15-4-6-18/h12-13,15H,3-11H2,1-2H3,(H,16,19). The lowest BCUT2D eigenvalue weighted by Gasteiger charge is -2.33. The van der Waals surface area contributed by atoms with E-state index in [0.29, 0.717) is 0 Å². The van der Waals surface area contributed by atoms with Crippen LogP contribution in [-0.4, -0.2) is 86.8 Å². The second-order valence-corrected chi connectivity index (χ2v) is 5.78. The first-order valence-electron chi connectivity index (χ1n) is 7.72. The Hall–Kier alpha value is -0.690. The molecule has 0 aromatic carbocycles. The summed E-state index contributed by atoms with van der Waals surface area (Å²) in [6.45, 7) is 12.4. The molecule has 2 heterocycles. The largest absolute Gasteiger partial charge is 0.379 e. The molecule has 0 bridgehead atoms. The molecule has 6 nitrogen and oxygen atoms in total. The lowest BCUT2D eigenvalue weighted by Crippen LogP contribution is -2.55. The number of nitrogens with one attached hydrogen (secondary N) is 2. The highest BCUT2D eigenvalue weighted by Gasteiger charge is 2.24. The van der Waals surface area contributed by atoms with E-state index in [1.54, 1.807) is 0 Å². The number of rotatable bonds is 5. The summed E-state index contributed by atoms with van der Waals surface area (Å²) in [6.07, 6.45) is 0. The van der Waals surface area contributed by atoms with Crippen molar-refractivity contribution in [2.75, 3.05) is 59.0 Å². The van der Waals surface area contributed by atoms with E-state index in [2.05, 4.69) is 27.4 Å². The van der Waals surface area contributed by atoms with Gasteiger partial charge in [0.15, 0.2) is 0 Å². The van der Waals surface area contributed by atoms with Crippen molar-refractivity contribution < 1.29 is 9.53 Å². The first-order chi connectivity index (χ1) is 9.66. The van der Waals surface area contributed by atoms with Crippen LogP contribution in [0.15, 0.2) is 0 Å². The van der Waals surface area contributed by atoms with Gasteiger partial charge in [-0.15, -0.1) is 0 Å². The molecule has 2 N–H and O–H groups in total. The van der Waals surface area contributed by atoms with Crippen molar-refractivity contribution >= 4 is 5.91 Å². The third-order valence-electron chi connectivity index (χ3n) is 4.10. The molecule has 1 amide bonds. The Bertz CT molecular complexity index is 302. The Morgan fingerprint density at radius 3 is 2.50 bits per heavy atom. The number of hydrogen-bond donors (Lipinski definition) is 2. The number of amides is 1. The summed E-state index contributed by atoms with van der Waals surface area (Å²) in [7, 11) is 0. The number of carbonyl (C=O) groups excluding carboxylic acids is 1. The highest BCUT2D eigenvalue weighted by molar-refractivity contribution is 5.81. The minimum atomic E-state index is -0.0377. The van der Waals surface area contributed by atoms with Gasteiger partial charge in [0.05, 0.1) is 19.3 Å². The van der Waals surface area contributed by atoms with Crippen LogP contribution in [0, 0.1) is 0 Å². The Kier molecular flexibility index (Phi) is 6.22. The van der Waals surface area contributed by atoms with Crippen LogP contribution in [0.3, 0.4) is 0 Å². The number of hydrogen-bond acceptors (Lipinski definition) is 5. The summed E-state index contributed by atoms with van der Waals surface area (Å²) in [5.74, 6) is 0.146. The van der Waals surface area contributed by atoms with Crippen LogP contribution < -0.4 is 10.6 Å². The van der Waals surface area contributed by atoms with Crippen LogP contribution in [0.25, 0.3) is 0 Å². The maximum atomic E-state index is 12.3. The van der Waals surface area contributed by atoms with E-state index in [0.717, 1.165) is 59.0 Å². The van der Waals surface area contributed by atoms with Gasteiger partial charge >= 0.3 is 0 Å². The summed E-state index contributed by atoms with van der Waals surface area (Å²) in [6, 6.07) is 0.148. The molecule has 2 rings (SSSR count). The van der Waals surface area contributed by atoms with Crippen molar-refractivity contribution in [1.82, 2.24) is 20.4 Å². The Morgan fingerprint density at radius 1 is 1.20 bits per heavy atom. The molecule has 2 aliphatic heterocycles. The van der Waals surface area contributed by atoms with E-state index in [1.807, 2.05) is 6.92 Å². The quantitative estimate of drug-likeness (QED) is 0.686. The molecule has 0 aromatic rings. The van der Waals surface area contributed by atoms with Gasteiger partial charge in [-0.2, -0.15) is 0 Å². The number of ether oxygens (including phenoxy) is 1. The zero-order valence-corrected chi connectivity index (χ0v) is 12.7.